The number of aromatic nitrogens is 1. The van der Waals surface area contributed by atoms with Gasteiger partial charge >= 0.3 is 6.18 Å². The van der Waals surface area contributed by atoms with Crippen LogP contribution in [0.1, 0.15) is 25.3 Å². The highest BCUT2D eigenvalue weighted by atomic mass is 32.1. The summed E-state index contributed by atoms with van der Waals surface area (Å²) in [6.45, 7) is 3.25. The molecular formula is C14H12F3NOS. The lowest BCUT2D eigenvalue weighted by Gasteiger charge is -2.10. The largest absolute Gasteiger partial charge is 0.454 e. The SMILES string of the molecule is CC/C(C)=C(/C(=O)C(F)(F)F)c1nc2ccccc2s1. The molecule has 0 unspecified atom stereocenters. The first kappa shape index (κ1) is 14.7. The predicted octanol–water partition coefficient (Wildman–Crippen LogP) is 4.61. The van der Waals surface area contributed by atoms with Crippen LogP contribution in [0.4, 0.5) is 13.2 Å². The molecule has 0 aliphatic carbocycles. The van der Waals surface area contributed by atoms with E-state index in [4.69, 9.17) is 0 Å². The van der Waals surface area contributed by atoms with Crippen LogP contribution in [0.2, 0.25) is 0 Å². The van der Waals surface area contributed by atoms with Gasteiger partial charge in [-0.15, -0.1) is 11.3 Å². The minimum Gasteiger partial charge on any atom is -0.284 e. The van der Waals surface area contributed by atoms with Crippen molar-refractivity contribution in [3.63, 3.8) is 0 Å². The molecule has 0 atom stereocenters. The van der Waals surface area contributed by atoms with Gasteiger partial charge in [0.1, 0.15) is 5.01 Å². The van der Waals surface area contributed by atoms with E-state index in [0.29, 0.717) is 17.5 Å². The van der Waals surface area contributed by atoms with Crippen molar-refractivity contribution in [1.29, 1.82) is 0 Å². The summed E-state index contributed by atoms with van der Waals surface area (Å²) in [5.74, 6) is -1.82. The Morgan fingerprint density at radius 2 is 1.95 bits per heavy atom. The average molecular weight is 299 g/mol. The normalized spacial score (nSPS) is 13.4. The second-order valence-corrected chi connectivity index (χ2v) is 5.35. The number of rotatable bonds is 3. The highest BCUT2D eigenvalue weighted by Gasteiger charge is 2.42. The van der Waals surface area contributed by atoms with Crippen LogP contribution in [0, 0.1) is 0 Å². The van der Waals surface area contributed by atoms with E-state index in [1.165, 1.54) is 6.92 Å². The molecule has 0 aliphatic rings. The van der Waals surface area contributed by atoms with Crippen molar-refractivity contribution in [3.05, 3.63) is 34.8 Å². The third-order valence-corrected chi connectivity index (χ3v) is 4.00. The molecule has 0 N–H and O–H groups in total. The van der Waals surface area contributed by atoms with E-state index in [0.717, 1.165) is 16.0 Å². The lowest BCUT2D eigenvalue weighted by molar-refractivity contribution is -0.164. The first-order chi connectivity index (χ1) is 9.34. The quantitative estimate of drug-likeness (QED) is 0.775. The Kier molecular flexibility index (Phi) is 3.94. The van der Waals surface area contributed by atoms with Gasteiger partial charge in [0, 0.05) is 0 Å². The van der Waals surface area contributed by atoms with E-state index in [2.05, 4.69) is 4.98 Å². The van der Waals surface area contributed by atoms with E-state index < -0.39 is 12.0 Å². The maximum absolute atomic E-state index is 12.7. The van der Waals surface area contributed by atoms with Crippen LogP contribution < -0.4 is 0 Å². The highest BCUT2D eigenvalue weighted by molar-refractivity contribution is 7.19. The number of para-hydroxylation sites is 1. The Morgan fingerprint density at radius 3 is 2.50 bits per heavy atom. The molecule has 0 aliphatic heterocycles. The number of hydrogen-bond acceptors (Lipinski definition) is 3. The number of hydrogen-bond donors (Lipinski definition) is 0. The van der Waals surface area contributed by atoms with Gasteiger partial charge in [-0.3, -0.25) is 4.79 Å². The highest BCUT2D eigenvalue weighted by Crippen LogP contribution is 2.34. The van der Waals surface area contributed by atoms with Crippen molar-refractivity contribution in [2.24, 2.45) is 0 Å². The Morgan fingerprint density at radius 1 is 1.30 bits per heavy atom. The van der Waals surface area contributed by atoms with Crippen molar-refractivity contribution < 1.29 is 18.0 Å². The average Bonchev–Trinajstić information content (AvgIpc) is 2.80. The predicted molar refractivity (Wildman–Crippen MR) is 73.6 cm³/mol. The number of carbonyl (C=O) groups is 1. The van der Waals surface area contributed by atoms with Crippen LogP contribution in [0.5, 0.6) is 0 Å². The van der Waals surface area contributed by atoms with Crippen molar-refractivity contribution in [2.75, 3.05) is 0 Å². The van der Waals surface area contributed by atoms with Gasteiger partial charge in [0.15, 0.2) is 0 Å². The van der Waals surface area contributed by atoms with Crippen LogP contribution in [0.3, 0.4) is 0 Å². The number of carbonyl (C=O) groups excluding carboxylic acids is 1. The number of thiazole rings is 1. The number of fused-ring (bicyclic) bond motifs is 1. The summed E-state index contributed by atoms with van der Waals surface area (Å²) in [4.78, 5) is 15.8. The van der Waals surface area contributed by atoms with Crippen LogP contribution in [0.15, 0.2) is 29.8 Å². The minimum atomic E-state index is -4.89. The summed E-state index contributed by atoms with van der Waals surface area (Å²) in [7, 11) is 0. The van der Waals surface area contributed by atoms with E-state index in [1.54, 1.807) is 31.2 Å². The molecule has 0 fully saturated rings. The molecule has 2 aromatic rings. The fourth-order valence-electron chi connectivity index (χ4n) is 1.77. The molecule has 1 heterocycles. The zero-order valence-corrected chi connectivity index (χ0v) is 11.7. The van der Waals surface area contributed by atoms with Gasteiger partial charge in [0.25, 0.3) is 5.78 Å². The summed E-state index contributed by atoms with van der Waals surface area (Å²) in [6, 6.07) is 7.03. The standard InChI is InChI=1S/C14H12F3NOS/c1-3-8(2)11(12(19)14(15,16)17)13-18-9-6-4-5-7-10(9)20-13/h4-7H,3H2,1-2H3/b11-8-. The molecule has 0 bridgehead atoms. The van der Waals surface area contributed by atoms with Crippen molar-refractivity contribution >= 4 is 32.9 Å². The molecule has 0 saturated heterocycles. The third-order valence-electron chi connectivity index (χ3n) is 2.95. The topological polar surface area (TPSA) is 30.0 Å². The molecule has 106 valence electrons. The molecule has 0 saturated carbocycles. The van der Waals surface area contributed by atoms with Gasteiger partial charge in [-0.1, -0.05) is 24.6 Å². The second-order valence-electron chi connectivity index (χ2n) is 4.32. The van der Waals surface area contributed by atoms with Gasteiger partial charge in [0.05, 0.1) is 15.8 Å². The molecule has 0 radical (unpaired) electrons. The fourth-order valence-corrected chi connectivity index (χ4v) is 2.86. The van der Waals surface area contributed by atoms with Crippen molar-refractivity contribution in [2.45, 2.75) is 26.4 Å². The lowest BCUT2D eigenvalue weighted by Crippen LogP contribution is -2.24. The van der Waals surface area contributed by atoms with Gasteiger partial charge in [-0.05, 0) is 25.5 Å². The molecule has 1 aromatic heterocycles. The zero-order valence-electron chi connectivity index (χ0n) is 10.9. The Bertz CT molecular complexity index is 652. The summed E-state index contributed by atoms with van der Waals surface area (Å²) in [6.07, 6.45) is -4.52. The summed E-state index contributed by atoms with van der Waals surface area (Å²) < 4.78 is 39.0. The van der Waals surface area contributed by atoms with E-state index in [1.807, 2.05) is 0 Å². The monoisotopic (exact) mass is 299 g/mol. The summed E-state index contributed by atoms with van der Waals surface area (Å²) in [5.41, 5.74) is 0.677. The molecule has 2 rings (SSSR count). The maximum atomic E-state index is 12.7. The van der Waals surface area contributed by atoms with E-state index in [-0.39, 0.29) is 10.6 Å². The van der Waals surface area contributed by atoms with Crippen molar-refractivity contribution in [3.8, 4) is 0 Å². The number of benzene rings is 1. The van der Waals surface area contributed by atoms with Gasteiger partial charge in [0.2, 0.25) is 0 Å². The Labute approximate surface area is 117 Å². The number of halogens is 3. The van der Waals surface area contributed by atoms with Crippen LogP contribution in [-0.4, -0.2) is 16.9 Å². The van der Waals surface area contributed by atoms with Crippen LogP contribution in [-0.2, 0) is 4.79 Å². The molecule has 2 nitrogen and oxygen atoms in total. The molecule has 0 amide bonds. The maximum Gasteiger partial charge on any atom is 0.454 e. The number of alkyl halides is 3. The molecule has 0 spiro atoms. The number of nitrogens with zero attached hydrogens (tertiary/aromatic N) is 1. The first-order valence-electron chi connectivity index (χ1n) is 6.01. The molecule has 20 heavy (non-hydrogen) atoms. The molecule has 6 heteroatoms. The Hall–Kier alpha value is -1.69. The molecule has 1 aromatic carbocycles. The van der Waals surface area contributed by atoms with E-state index >= 15 is 0 Å². The van der Waals surface area contributed by atoms with E-state index in [9.17, 15) is 18.0 Å². The minimum absolute atomic E-state index is 0.132. The Balaban J connectivity index is 2.61. The van der Waals surface area contributed by atoms with Gasteiger partial charge in [-0.25, -0.2) is 4.98 Å². The number of ketones is 1. The van der Waals surface area contributed by atoms with Gasteiger partial charge in [-0.2, -0.15) is 13.2 Å². The third kappa shape index (κ3) is 2.75. The fraction of sp³-hybridized carbons (Fsp3) is 0.286. The second kappa shape index (κ2) is 5.36. The first-order valence-corrected chi connectivity index (χ1v) is 6.83. The number of allylic oxidation sites excluding steroid dienone is 2. The summed E-state index contributed by atoms with van der Waals surface area (Å²) >= 11 is 1.10. The zero-order chi connectivity index (χ0) is 14.9. The molecular weight excluding hydrogens is 287 g/mol. The number of Topliss-reactive ketones (excluding diaryl/α,β-unsaturated/α-hetero) is 1. The lowest BCUT2D eigenvalue weighted by atomic mass is 10.0. The summed E-state index contributed by atoms with van der Waals surface area (Å²) in [5, 5.41) is 0.132. The van der Waals surface area contributed by atoms with Crippen LogP contribution in [0.25, 0.3) is 15.8 Å². The van der Waals surface area contributed by atoms with Crippen LogP contribution >= 0.6 is 11.3 Å². The smallest absolute Gasteiger partial charge is 0.284 e. The van der Waals surface area contributed by atoms with Gasteiger partial charge < -0.3 is 0 Å². The van der Waals surface area contributed by atoms with Crippen molar-refractivity contribution in [1.82, 2.24) is 4.98 Å².